The second-order valence-electron chi connectivity index (χ2n) is 2.96. The fourth-order valence-corrected chi connectivity index (χ4v) is 0.0884. The number of unbranched alkanes of at least 4 members (excludes halogenated alkanes) is 1. The van der Waals surface area contributed by atoms with E-state index in [4.69, 9.17) is 0 Å². The van der Waals surface area contributed by atoms with E-state index in [0.717, 1.165) is 0 Å². The van der Waals surface area contributed by atoms with E-state index >= 15 is 0 Å². The van der Waals surface area contributed by atoms with E-state index in [0.29, 0.717) is 0 Å². The molecule has 0 amide bonds. The lowest BCUT2D eigenvalue weighted by Gasteiger charge is -1.68. The maximum Gasteiger partial charge on any atom is -0.0286 e. The van der Waals surface area contributed by atoms with E-state index in [1.807, 2.05) is 13.8 Å². The Labute approximate surface area is 86.4 Å². The highest BCUT2D eigenvalue weighted by Gasteiger charge is 2.04. The van der Waals surface area contributed by atoms with Gasteiger partial charge in [0.2, 0.25) is 0 Å². The zero-order chi connectivity index (χ0) is 11.1. The summed E-state index contributed by atoms with van der Waals surface area (Å²) in [5.74, 6) is 0. The molecule has 0 heteroatoms. The molecule has 0 N–H and O–H groups in total. The third-order valence-electron chi connectivity index (χ3n) is 1.10. The molecule has 0 unspecified atom stereocenters. The number of hydrogen-bond donors (Lipinski definition) is 0. The molecule has 1 fully saturated rings. The topological polar surface area (TPSA) is 0 Å². The quantitative estimate of drug-likeness (QED) is 0.469. The number of hydrogen-bond acceptors (Lipinski definition) is 0. The van der Waals surface area contributed by atoms with Crippen molar-refractivity contribution in [3.8, 4) is 0 Å². The highest BCUT2D eigenvalue weighted by atomic mass is 14.1. The minimum absolute atomic E-state index is 1.25. The van der Waals surface area contributed by atoms with Gasteiger partial charge in [-0.25, -0.2) is 0 Å². The van der Waals surface area contributed by atoms with E-state index in [-0.39, 0.29) is 0 Å². The Morgan fingerprint density at radius 3 is 1.08 bits per heavy atom. The van der Waals surface area contributed by atoms with Gasteiger partial charge in [-0.3, -0.25) is 0 Å². The Bertz CT molecular complexity index is 64.1. The van der Waals surface area contributed by atoms with Gasteiger partial charge < -0.3 is 0 Å². The summed E-state index contributed by atoms with van der Waals surface area (Å²) in [5.41, 5.74) is 1.42. The lowest BCUT2D eigenvalue weighted by molar-refractivity contribution is 0.886. The predicted octanol–water partition coefficient (Wildman–Crippen LogP) is 5.59. The van der Waals surface area contributed by atoms with Gasteiger partial charge in [0.1, 0.15) is 0 Å². The monoisotopic (exact) mass is 186 g/mol. The molecule has 0 atom stereocenters. The molecular weight excluding hydrogens is 156 g/mol. The highest BCUT2D eigenvalue weighted by molar-refractivity contribution is 5.09. The van der Waals surface area contributed by atoms with Crippen LogP contribution in [-0.2, 0) is 0 Å². The van der Waals surface area contributed by atoms with E-state index in [9.17, 15) is 0 Å². The molecule has 0 aromatic heterocycles. The predicted molar refractivity (Wildman–Crippen MR) is 66.3 cm³/mol. The first-order valence-corrected chi connectivity index (χ1v) is 5.89. The van der Waals surface area contributed by atoms with Crippen LogP contribution < -0.4 is 0 Å². The minimum Gasteiger partial charge on any atom is -0.0998 e. The van der Waals surface area contributed by atoms with Crippen LogP contribution >= 0.6 is 0 Å². The molecule has 0 aromatic carbocycles. The molecule has 1 rings (SSSR count). The van der Waals surface area contributed by atoms with Gasteiger partial charge >= 0.3 is 0 Å². The van der Waals surface area contributed by atoms with Gasteiger partial charge in [0.25, 0.3) is 0 Å². The molecule has 0 saturated heterocycles. The van der Waals surface area contributed by atoms with Gasteiger partial charge in [-0.15, -0.1) is 0 Å². The van der Waals surface area contributed by atoms with E-state index in [2.05, 4.69) is 34.3 Å². The molecule has 82 valence electrons. The van der Waals surface area contributed by atoms with Crippen LogP contribution in [0.3, 0.4) is 0 Å². The van der Waals surface area contributed by atoms with Gasteiger partial charge in [-0.05, 0) is 12.8 Å². The fraction of sp³-hybridized carbons (Fsp3) is 0.846. The third-order valence-corrected chi connectivity index (χ3v) is 1.10. The van der Waals surface area contributed by atoms with Gasteiger partial charge in [-0.1, -0.05) is 73.0 Å². The molecule has 0 heterocycles. The van der Waals surface area contributed by atoms with Crippen LogP contribution in [0.15, 0.2) is 12.2 Å². The molecule has 0 aliphatic heterocycles. The van der Waals surface area contributed by atoms with Crippen molar-refractivity contribution in [1.82, 2.24) is 0 Å². The number of allylic oxidation sites excluding steroid dienone is 1. The maximum atomic E-state index is 3.67. The highest BCUT2D eigenvalue weighted by Crippen LogP contribution is 2.23. The molecule has 1 saturated carbocycles. The van der Waals surface area contributed by atoms with Crippen LogP contribution in [-0.4, -0.2) is 0 Å². The largest absolute Gasteiger partial charge is 0.0998 e. The van der Waals surface area contributed by atoms with Gasteiger partial charge in [0, 0.05) is 0 Å². The first-order chi connectivity index (χ1) is 6.22. The summed E-state index contributed by atoms with van der Waals surface area (Å²) in [5, 5.41) is 0. The molecule has 1 aliphatic rings. The second kappa shape index (κ2) is 22.6. The maximum absolute atomic E-state index is 3.67. The SMILES string of the molecule is C=C1CC1.CC.CCC.CCCC. The molecule has 0 aromatic rings. The van der Waals surface area contributed by atoms with E-state index in [1.54, 1.807) is 0 Å². The standard InChI is InChI=1S/C4H6.C4H10.C3H8.C2H6/c1-4-2-3-4;1-3-4-2;1-3-2;1-2/h1-3H2;3-4H2,1-2H3;3H2,1-2H3;1-2H3. The van der Waals surface area contributed by atoms with E-state index < -0.39 is 0 Å². The van der Waals surface area contributed by atoms with Crippen molar-refractivity contribution in [2.75, 3.05) is 0 Å². The fourth-order valence-electron chi connectivity index (χ4n) is 0.0884. The van der Waals surface area contributed by atoms with Crippen LogP contribution in [0.1, 0.15) is 73.6 Å². The Kier molecular flexibility index (Phi) is 32.2. The van der Waals surface area contributed by atoms with Crippen LogP contribution in [0.5, 0.6) is 0 Å². The van der Waals surface area contributed by atoms with Crippen molar-refractivity contribution >= 4 is 0 Å². The molecule has 13 heavy (non-hydrogen) atoms. The molecule has 0 bridgehead atoms. The summed E-state index contributed by atoms with van der Waals surface area (Å²) in [6.07, 6.45) is 6.47. The zero-order valence-electron chi connectivity index (χ0n) is 10.7. The average molecular weight is 186 g/mol. The molecule has 0 radical (unpaired) electrons. The first-order valence-electron chi connectivity index (χ1n) is 5.89. The van der Waals surface area contributed by atoms with Gasteiger partial charge in [0.05, 0.1) is 0 Å². The second-order valence-corrected chi connectivity index (χ2v) is 2.96. The molecule has 0 spiro atoms. The molecular formula is C13H30. The van der Waals surface area contributed by atoms with Crippen LogP contribution in [0, 0.1) is 0 Å². The van der Waals surface area contributed by atoms with Crippen molar-refractivity contribution < 1.29 is 0 Å². The smallest absolute Gasteiger partial charge is 0.0286 e. The van der Waals surface area contributed by atoms with Crippen LogP contribution in [0.2, 0.25) is 0 Å². The normalized spacial score (nSPS) is 10.8. The zero-order valence-corrected chi connectivity index (χ0v) is 10.7. The summed E-state index contributed by atoms with van der Waals surface area (Å²) in [7, 11) is 0. The Balaban J connectivity index is -0.000000107. The van der Waals surface area contributed by atoms with E-state index in [1.165, 1.54) is 37.7 Å². The summed E-state index contributed by atoms with van der Waals surface area (Å²) < 4.78 is 0. The third kappa shape index (κ3) is 79.6. The number of rotatable bonds is 1. The van der Waals surface area contributed by atoms with Gasteiger partial charge in [-0.2, -0.15) is 0 Å². The van der Waals surface area contributed by atoms with Crippen molar-refractivity contribution in [2.24, 2.45) is 0 Å². The summed E-state index contributed by atoms with van der Waals surface area (Å²) in [4.78, 5) is 0. The minimum atomic E-state index is 1.25. The summed E-state index contributed by atoms with van der Waals surface area (Å²) in [6.45, 7) is 16.3. The van der Waals surface area contributed by atoms with Crippen LogP contribution in [0.25, 0.3) is 0 Å². The molecule has 1 aliphatic carbocycles. The lowest BCUT2D eigenvalue weighted by Crippen LogP contribution is -1.47. The average Bonchev–Trinajstić information content (AvgIpc) is 2.93. The lowest BCUT2D eigenvalue weighted by atomic mass is 10.4. The van der Waals surface area contributed by atoms with Crippen molar-refractivity contribution in [2.45, 2.75) is 73.6 Å². The van der Waals surface area contributed by atoms with Crippen LogP contribution in [0.4, 0.5) is 0 Å². The Hall–Kier alpha value is -0.260. The van der Waals surface area contributed by atoms with Gasteiger partial charge in [0.15, 0.2) is 0 Å². The Morgan fingerprint density at radius 1 is 0.923 bits per heavy atom. The first kappa shape index (κ1) is 18.5. The Morgan fingerprint density at radius 2 is 1.08 bits per heavy atom. The van der Waals surface area contributed by atoms with Crippen molar-refractivity contribution in [3.05, 3.63) is 12.2 Å². The summed E-state index contributed by atoms with van der Waals surface area (Å²) in [6, 6.07) is 0. The van der Waals surface area contributed by atoms with Crippen molar-refractivity contribution in [3.63, 3.8) is 0 Å². The summed E-state index contributed by atoms with van der Waals surface area (Å²) >= 11 is 0. The van der Waals surface area contributed by atoms with Crippen molar-refractivity contribution in [1.29, 1.82) is 0 Å². The molecule has 0 nitrogen and oxygen atoms in total.